The van der Waals surface area contributed by atoms with Crippen molar-refractivity contribution in [2.24, 2.45) is 11.3 Å². The molecule has 2 atom stereocenters. The van der Waals surface area contributed by atoms with E-state index in [0.717, 1.165) is 16.9 Å². The van der Waals surface area contributed by atoms with Gasteiger partial charge in [0.05, 0.1) is 9.90 Å². The molecule has 4 rings (SSSR count). The molecule has 0 amide bonds. The van der Waals surface area contributed by atoms with Crippen LogP contribution in [0.2, 0.25) is 5.02 Å². The highest BCUT2D eigenvalue weighted by molar-refractivity contribution is 7.14. The van der Waals surface area contributed by atoms with Crippen molar-refractivity contribution in [2.45, 2.75) is 33.1 Å². The second kappa shape index (κ2) is 5.21. The van der Waals surface area contributed by atoms with E-state index >= 15 is 0 Å². The van der Waals surface area contributed by atoms with Gasteiger partial charge in [-0.1, -0.05) is 37.6 Å². The van der Waals surface area contributed by atoms with E-state index in [-0.39, 0.29) is 11.5 Å². The molecule has 1 fully saturated rings. The summed E-state index contributed by atoms with van der Waals surface area (Å²) in [4.78, 5) is 14.9. The highest BCUT2D eigenvalue weighted by Crippen LogP contribution is 2.71. The number of carbonyl (C=O) groups excluding carboxylic acids is 1. The smallest absolute Gasteiger partial charge is 0.196 e. The normalized spacial score (nSPS) is 23.3. The van der Waals surface area contributed by atoms with E-state index in [4.69, 9.17) is 11.6 Å². The maximum Gasteiger partial charge on any atom is 0.196 e. The maximum atomic E-state index is 12.7. The predicted octanol–water partition coefficient (Wildman–Crippen LogP) is 5.61. The Hall–Kier alpha value is -1.58. The number of aromatic hydroxyl groups is 1. The average molecular weight is 359 g/mol. The van der Waals surface area contributed by atoms with Crippen LogP contribution < -0.4 is 0 Å². The van der Waals surface area contributed by atoms with Crippen molar-refractivity contribution in [1.82, 2.24) is 0 Å². The van der Waals surface area contributed by atoms with E-state index < -0.39 is 0 Å². The molecule has 1 aromatic heterocycles. The lowest BCUT2D eigenvalue weighted by Crippen LogP contribution is -2.02. The fraction of sp³-hybridized carbons (Fsp3) is 0.350. The van der Waals surface area contributed by atoms with Crippen LogP contribution in [0.3, 0.4) is 0 Å². The van der Waals surface area contributed by atoms with Gasteiger partial charge in [0, 0.05) is 4.88 Å². The number of allylic oxidation sites excluding steroid dienone is 1. The molecule has 2 aliphatic rings. The summed E-state index contributed by atoms with van der Waals surface area (Å²) in [5.74, 6) is 1.47. The quantitative estimate of drug-likeness (QED) is 0.572. The van der Waals surface area contributed by atoms with Crippen LogP contribution in [0.4, 0.5) is 0 Å². The van der Waals surface area contributed by atoms with Gasteiger partial charge >= 0.3 is 0 Å². The van der Waals surface area contributed by atoms with Gasteiger partial charge in [0.15, 0.2) is 5.78 Å². The number of thiophene rings is 1. The molecule has 1 N–H and O–H groups in total. The highest BCUT2D eigenvalue weighted by Gasteiger charge is 2.63. The molecule has 2 aliphatic carbocycles. The minimum Gasteiger partial charge on any atom is -0.506 e. The van der Waals surface area contributed by atoms with E-state index in [1.54, 1.807) is 35.6 Å². The van der Waals surface area contributed by atoms with Crippen LogP contribution in [-0.4, -0.2) is 10.9 Å². The molecule has 1 heterocycles. The van der Waals surface area contributed by atoms with Gasteiger partial charge in [0.2, 0.25) is 0 Å². The van der Waals surface area contributed by atoms with Crippen LogP contribution in [0.15, 0.2) is 24.3 Å². The molecule has 0 spiro atoms. The zero-order valence-electron chi connectivity index (χ0n) is 13.9. The fourth-order valence-corrected chi connectivity index (χ4v) is 5.55. The lowest BCUT2D eigenvalue weighted by Gasteiger charge is -2.09. The van der Waals surface area contributed by atoms with E-state index in [9.17, 15) is 9.90 Å². The van der Waals surface area contributed by atoms with Crippen LogP contribution >= 0.6 is 22.9 Å². The molecule has 2 aromatic rings. The first kappa shape index (κ1) is 15.9. The van der Waals surface area contributed by atoms with E-state index in [1.165, 1.54) is 22.1 Å². The molecule has 0 bridgehead atoms. The third-order valence-corrected chi connectivity index (χ3v) is 7.12. The first-order valence-corrected chi connectivity index (χ1v) is 9.33. The minimum atomic E-state index is 0.0497. The molecule has 4 heteroatoms. The van der Waals surface area contributed by atoms with Gasteiger partial charge in [-0.05, 0) is 65.5 Å². The first-order chi connectivity index (χ1) is 11.3. The predicted molar refractivity (Wildman–Crippen MR) is 99.3 cm³/mol. The Morgan fingerprint density at radius 2 is 2.17 bits per heavy atom. The van der Waals surface area contributed by atoms with Gasteiger partial charge in [0.25, 0.3) is 0 Å². The van der Waals surface area contributed by atoms with Crippen LogP contribution in [0, 0.1) is 18.3 Å². The lowest BCUT2D eigenvalue weighted by atomic mass is 9.94. The minimum absolute atomic E-state index is 0.0497. The van der Waals surface area contributed by atoms with Crippen LogP contribution in [-0.2, 0) is 6.42 Å². The van der Waals surface area contributed by atoms with Crippen molar-refractivity contribution in [1.29, 1.82) is 0 Å². The summed E-state index contributed by atoms with van der Waals surface area (Å²) in [6, 6.07) is 4.93. The van der Waals surface area contributed by atoms with Crippen molar-refractivity contribution < 1.29 is 9.90 Å². The van der Waals surface area contributed by atoms with Gasteiger partial charge in [0.1, 0.15) is 5.75 Å². The topological polar surface area (TPSA) is 37.3 Å². The number of phenols is 1. The summed E-state index contributed by atoms with van der Waals surface area (Å²) in [6.45, 7) is 6.80. The SMILES string of the molecule is Cc1sc(C(=O)C=Cc2ccc(O)c(Cl)c2)c2c1[C@H]1[C@@H](C2)C1(C)C. The number of halogens is 1. The summed E-state index contributed by atoms with van der Waals surface area (Å²) in [5, 5.41) is 9.75. The fourth-order valence-electron chi connectivity index (χ4n) is 4.21. The Labute approximate surface area is 150 Å². The third kappa shape index (κ3) is 2.26. The van der Waals surface area contributed by atoms with Gasteiger partial charge in [-0.2, -0.15) is 0 Å². The van der Waals surface area contributed by atoms with Gasteiger partial charge in [-0.15, -0.1) is 11.3 Å². The van der Waals surface area contributed by atoms with Crippen molar-refractivity contribution in [3.63, 3.8) is 0 Å². The number of hydrogen-bond acceptors (Lipinski definition) is 3. The lowest BCUT2D eigenvalue weighted by molar-refractivity contribution is 0.105. The number of ketones is 1. The monoisotopic (exact) mass is 358 g/mol. The van der Waals surface area contributed by atoms with Crippen LogP contribution in [0.25, 0.3) is 6.08 Å². The Kier molecular flexibility index (Phi) is 3.45. The number of carbonyl (C=O) groups is 1. The largest absolute Gasteiger partial charge is 0.506 e. The van der Waals surface area contributed by atoms with E-state index in [1.807, 2.05) is 0 Å². The van der Waals surface area contributed by atoms with Crippen LogP contribution in [0.5, 0.6) is 5.75 Å². The molecule has 2 nitrogen and oxygen atoms in total. The third-order valence-electron chi connectivity index (χ3n) is 5.64. The van der Waals surface area contributed by atoms with Crippen molar-refractivity contribution >= 4 is 34.8 Å². The zero-order valence-corrected chi connectivity index (χ0v) is 15.5. The number of aryl methyl sites for hydroxylation is 1. The standard InChI is InChI=1S/C20H19ClO2S/c1-10-17-12(9-13-18(17)20(13,2)3)19(24-10)16(23)7-5-11-4-6-15(22)14(21)8-11/h4-8,13,18,22H,9H2,1-3H3/t13-,18-/m1/s1. The summed E-state index contributed by atoms with van der Waals surface area (Å²) in [6.07, 6.45) is 4.41. The van der Waals surface area contributed by atoms with Crippen molar-refractivity contribution in [3.05, 3.63) is 55.7 Å². The summed E-state index contributed by atoms with van der Waals surface area (Å²) in [5.41, 5.74) is 3.93. The van der Waals surface area contributed by atoms with Gasteiger partial charge in [-0.25, -0.2) is 0 Å². The maximum absolute atomic E-state index is 12.7. The number of rotatable bonds is 3. The van der Waals surface area contributed by atoms with Crippen molar-refractivity contribution in [2.75, 3.05) is 0 Å². The molecule has 0 radical (unpaired) electrons. The van der Waals surface area contributed by atoms with E-state index in [2.05, 4.69) is 20.8 Å². The molecular weight excluding hydrogens is 340 g/mol. The summed E-state index contributed by atoms with van der Waals surface area (Å²) < 4.78 is 0. The summed E-state index contributed by atoms with van der Waals surface area (Å²) >= 11 is 7.54. The Morgan fingerprint density at radius 1 is 1.42 bits per heavy atom. The molecule has 24 heavy (non-hydrogen) atoms. The average Bonchev–Trinajstić information content (AvgIpc) is 2.88. The number of phenolic OH excluding ortho intramolecular Hbond substituents is 1. The highest BCUT2D eigenvalue weighted by atomic mass is 35.5. The number of fused-ring (bicyclic) bond motifs is 3. The van der Waals surface area contributed by atoms with Crippen LogP contribution in [0.1, 0.15) is 51.0 Å². The molecule has 0 saturated heterocycles. The van der Waals surface area contributed by atoms with Gasteiger partial charge in [-0.3, -0.25) is 4.79 Å². The van der Waals surface area contributed by atoms with Gasteiger partial charge < -0.3 is 5.11 Å². The first-order valence-electron chi connectivity index (χ1n) is 8.13. The second-order valence-corrected chi connectivity index (χ2v) is 9.03. The molecule has 0 unspecified atom stereocenters. The Morgan fingerprint density at radius 3 is 2.88 bits per heavy atom. The summed E-state index contributed by atoms with van der Waals surface area (Å²) in [7, 11) is 0. The molecular formula is C20H19ClO2S. The number of benzene rings is 1. The molecule has 0 aliphatic heterocycles. The number of hydrogen-bond donors (Lipinski definition) is 1. The Balaban J connectivity index is 1.60. The zero-order chi connectivity index (χ0) is 17.2. The molecule has 1 aromatic carbocycles. The Bertz CT molecular complexity index is 891. The molecule has 1 saturated carbocycles. The van der Waals surface area contributed by atoms with E-state index in [0.29, 0.717) is 22.3 Å². The molecule has 124 valence electrons. The second-order valence-electron chi connectivity index (χ2n) is 7.40. The van der Waals surface area contributed by atoms with Crippen molar-refractivity contribution in [3.8, 4) is 5.75 Å².